The Balaban J connectivity index is 1.36. The van der Waals surface area contributed by atoms with Crippen LogP contribution >= 0.6 is 0 Å². The van der Waals surface area contributed by atoms with Crippen molar-refractivity contribution in [2.45, 2.75) is 77.6 Å². The molecule has 1 unspecified atom stereocenters. The topological polar surface area (TPSA) is 55.8 Å². The number of methoxy groups -OCH3 is 1. The van der Waals surface area contributed by atoms with Crippen molar-refractivity contribution in [3.63, 3.8) is 0 Å². The van der Waals surface area contributed by atoms with Crippen LogP contribution in [0.25, 0.3) is 22.3 Å². The van der Waals surface area contributed by atoms with Gasteiger partial charge in [0.1, 0.15) is 0 Å². The number of carbonyl (C=O) groups excluding carboxylic acids is 1. The average molecular weight is 583 g/mol. The van der Waals surface area contributed by atoms with Crippen LogP contribution in [0.4, 0.5) is 0 Å². The van der Waals surface area contributed by atoms with Crippen molar-refractivity contribution in [2.75, 3.05) is 26.9 Å². The van der Waals surface area contributed by atoms with Gasteiger partial charge in [0.25, 0.3) is 0 Å². The molecule has 0 saturated heterocycles. The molecule has 0 radical (unpaired) electrons. The molecule has 0 aromatic heterocycles. The first kappa shape index (κ1) is 32.7. The van der Waals surface area contributed by atoms with Gasteiger partial charge in [0, 0.05) is 13.0 Å². The van der Waals surface area contributed by atoms with Crippen molar-refractivity contribution >= 4 is 5.97 Å². The number of rotatable bonds is 15. The maximum absolute atomic E-state index is 12.0. The second kappa shape index (κ2) is 16.6. The molecule has 1 N–H and O–H groups in total. The van der Waals surface area contributed by atoms with Crippen molar-refractivity contribution in [3.05, 3.63) is 95.6 Å². The number of esters is 1. The lowest BCUT2D eigenvalue weighted by molar-refractivity contribution is -0.142. The highest BCUT2D eigenvalue weighted by atomic mass is 16.5. The summed E-state index contributed by atoms with van der Waals surface area (Å²) in [7, 11) is 1.69. The van der Waals surface area contributed by atoms with Gasteiger partial charge in [-0.2, -0.15) is 0 Å². The Bertz CT molecular complexity index is 1300. The normalized spacial score (nSPS) is 17.4. The van der Waals surface area contributed by atoms with Crippen molar-refractivity contribution < 1.29 is 19.4 Å². The van der Waals surface area contributed by atoms with Gasteiger partial charge in [-0.25, -0.2) is 4.79 Å². The quantitative estimate of drug-likeness (QED) is 0.110. The molecule has 4 heteroatoms. The summed E-state index contributed by atoms with van der Waals surface area (Å²) in [6.45, 7) is 8.55. The number of aliphatic hydroxyl groups is 1. The number of unbranched alkanes of at least 4 members (excludes halogenated alkanes) is 2. The molecule has 1 atom stereocenters. The minimum atomic E-state index is -0.523. The summed E-state index contributed by atoms with van der Waals surface area (Å²) in [5.41, 5.74) is 9.48. The molecular weight excluding hydrogens is 532 g/mol. The molecule has 1 saturated carbocycles. The third-order valence-electron chi connectivity index (χ3n) is 9.26. The summed E-state index contributed by atoms with van der Waals surface area (Å²) in [5, 5.41) is 9.13. The number of hydrogen-bond donors (Lipinski definition) is 1. The van der Waals surface area contributed by atoms with Crippen LogP contribution in [0.3, 0.4) is 0 Å². The summed E-state index contributed by atoms with van der Waals surface area (Å²) in [4.78, 5) is 12.0. The first-order chi connectivity index (χ1) is 21.0. The molecule has 0 aliphatic heterocycles. The lowest BCUT2D eigenvalue weighted by Gasteiger charge is -2.33. The third-order valence-corrected chi connectivity index (χ3v) is 9.26. The van der Waals surface area contributed by atoms with E-state index in [1.807, 2.05) is 0 Å². The van der Waals surface area contributed by atoms with Crippen LogP contribution < -0.4 is 0 Å². The van der Waals surface area contributed by atoms with E-state index in [4.69, 9.17) is 14.6 Å². The van der Waals surface area contributed by atoms with Crippen molar-refractivity contribution in [3.8, 4) is 22.3 Å². The van der Waals surface area contributed by atoms with Crippen LogP contribution in [0.2, 0.25) is 0 Å². The second-order valence-corrected chi connectivity index (χ2v) is 12.2. The van der Waals surface area contributed by atoms with Crippen LogP contribution in [0, 0.1) is 11.8 Å². The van der Waals surface area contributed by atoms with Crippen LogP contribution in [-0.2, 0) is 27.1 Å². The number of carbonyl (C=O) groups is 1. The van der Waals surface area contributed by atoms with Crippen LogP contribution in [0.15, 0.2) is 78.9 Å². The largest absolute Gasteiger partial charge is 0.462 e. The van der Waals surface area contributed by atoms with Gasteiger partial charge in [-0.1, -0.05) is 100.0 Å². The smallest absolute Gasteiger partial charge is 0.335 e. The fourth-order valence-electron chi connectivity index (χ4n) is 6.53. The second-order valence-electron chi connectivity index (χ2n) is 12.2. The molecule has 4 nitrogen and oxygen atoms in total. The Morgan fingerprint density at radius 1 is 0.884 bits per heavy atom. The number of benzene rings is 3. The first-order valence-corrected chi connectivity index (χ1v) is 16.2. The highest BCUT2D eigenvalue weighted by Gasteiger charge is 2.29. The molecular formula is C39H50O4. The van der Waals surface area contributed by atoms with Gasteiger partial charge in [-0.05, 0) is 95.7 Å². The van der Waals surface area contributed by atoms with E-state index in [1.54, 1.807) is 7.11 Å². The number of aliphatic hydroxyl groups excluding tert-OH is 1. The third kappa shape index (κ3) is 8.90. The molecule has 3 aromatic carbocycles. The van der Waals surface area contributed by atoms with E-state index in [-0.39, 0.29) is 18.1 Å². The highest BCUT2D eigenvalue weighted by molar-refractivity contribution is 5.87. The van der Waals surface area contributed by atoms with E-state index >= 15 is 0 Å². The Kier molecular flexibility index (Phi) is 12.6. The minimum absolute atomic E-state index is 0.0907. The van der Waals surface area contributed by atoms with Gasteiger partial charge < -0.3 is 14.6 Å². The van der Waals surface area contributed by atoms with E-state index in [0.717, 1.165) is 32.1 Å². The fourth-order valence-corrected chi connectivity index (χ4v) is 6.53. The Morgan fingerprint density at radius 3 is 2.19 bits per heavy atom. The molecule has 43 heavy (non-hydrogen) atoms. The standard InChI is InChI=1S/C39H50O4/c1-5-7-8-9-29-10-12-35(13-11-29)38-23-22-36(24-30(38)6-2)33-18-14-31(15-19-33)32-16-20-34(21-17-32)37(26-42-4)27-43-39(41)28(3)25-40/h10-15,18-19,22-24,32,34,37,40H,3,5-9,16-17,20-21,25-27H2,1-2,4H3. The Morgan fingerprint density at radius 2 is 1.56 bits per heavy atom. The molecule has 0 heterocycles. The summed E-state index contributed by atoms with van der Waals surface area (Å²) >= 11 is 0. The van der Waals surface area contributed by atoms with E-state index in [1.165, 1.54) is 64.6 Å². The number of ether oxygens (including phenoxy) is 2. The monoisotopic (exact) mass is 582 g/mol. The molecule has 0 spiro atoms. The van der Waals surface area contributed by atoms with Crippen LogP contribution in [-0.4, -0.2) is 38.0 Å². The van der Waals surface area contributed by atoms with Gasteiger partial charge in [0.2, 0.25) is 0 Å². The van der Waals surface area contributed by atoms with E-state index < -0.39 is 5.97 Å². The predicted octanol–water partition coefficient (Wildman–Crippen LogP) is 8.94. The summed E-state index contributed by atoms with van der Waals surface area (Å²) in [5.74, 6) is 0.630. The fraction of sp³-hybridized carbons (Fsp3) is 0.462. The van der Waals surface area contributed by atoms with Crippen LogP contribution in [0.1, 0.15) is 81.4 Å². The number of aryl methyl sites for hydroxylation is 2. The molecule has 230 valence electrons. The SMILES string of the molecule is C=C(CO)C(=O)OCC(COC)C1CCC(c2ccc(-c3ccc(-c4ccc(CCCCC)cc4)c(CC)c3)cc2)CC1. The number of hydrogen-bond acceptors (Lipinski definition) is 4. The maximum atomic E-state index is 12.0. The molecule has 0 amide bonds. The van der Waals surface area contributed by atoms with Gasteiger partial charge in [-0.15, -0.1) is 0 Å². The van der Waals surface area contributed by atoms with Crippen molar-refractivity contribution in [2.24, 2.45) is 11.8 Å². The predicted molar refractivity (Wildman–Crippen MR) is 177 cm³/mol. The van der Waals surface area contributed by atoms with E-state index in [9.17, 15) is 4.79 Å². The van der Waals surface area contributed by atoms with E-state index in [2.05, 4.69) is 87.2 Å². The van der Waals surface area contributed by atoms with Gasteiger partial charge in [0.15, 0.2) is 0 Å². The maximum Gasteiger partial charge on any atom is 0.335 e. The Hall–Kier alpha value is -3.21. The van der Waals surface area contributed by atoms with Gasteiger partial charge >= 0.3 is 5.97 Å². The van der Waals surface area contributed by atoms with E-state index in [0.29, 0.717) is 25.0 Å². The zero-order chi connectivity index (χ0) is 30.6. The van der Waals surface area contributed by atoms with Crippen LogP contribution in [0.5, 0.6) is 0 Å². The van der Waals surface area contributed by atoms with Crippen molar-refractivity contribution in [1.29, 1.82) is 0 Å². The average Bonchev–Trinajstić information content (AvgIpc) is 3.06. The lowest BCUT2D eigenvalue weighted by Crippen LogP contribution is -2.29. The summed E-state index contributed by atoms with van der Waals surface area (Å²) in [6, 6.07) is 25.3. The van der Waals surface area contributed by atoms with Gasteiger partial charge in [-0.3, -0.25) is 0 Å². The molecule has 4 rings (SSSR count). The molecule has 0 bridgehead atoms. The Labute approximate surface area is 259 Å². The zero-order valence-electron chi connectivity index (χ0n) is 26.4. The highest BCUT2D eigenvalue weighted by Crippen LogP contribution is 2.40. The molecule has 3 aromatic rings. The molecule has 1 fully saturated rings. The first-order valence-electron chi connectivity index (χ1n) is 16.2. The lowest BCUT2D eigenvalue weighted by atomic mass is 9.74. The molecule has 1 aliphatic rings. The molecule has 1 aliphatic carbocycles. The summed E-state index contributed by atoms with van der Waals surface area (Å²) < 4.78 is 10.9. The summed E-state index contributed by atoms with van der Waals surface area (Å²) in [6.07, 6.45) is 10.4. The van der Waals surface area contributed by atoms with Gasteiger partial charge in [0.05, 0.1) is 25.4 Å². The minimum Gasteiger partial charge on any atom is -0.462 e. The zero-order valence-corrected chi connectivity index (χ0v) is 26.4. The van der Waals surface area contributed by atoms with Crippen molar-refractivity contribution in [1.82, 2.24) is 0 Å².